The maximum atomic E-state index is 15.1. The Morgan fingerprint density at radius 3 is 2.37 bits per heavy atom. The molecule has 1 spiro atoms. The van der Waals surface area contributed by atoms with Gasteiger partial charge in [0.2, 0.25) is 11.8 Å². The molecule has 2 aromatic carbocycles. The Balaban J connectivity index is 1.56. The van der Waals surface area contributed by atoms with Gasteiger partial charge in [0.25, 0.3) is 5.91 Å². The minimum Gasteiger partial charge on any atom is -0.455 e. The van der Waals surface area contributed by atoms with E-state index in [2.05, 4.69) is 29.1 Å². The van der Waals surface area contributed by atoms with Crippen LogP contribution in [0.25, 0.3) is 0 Å². The molecule has 0 aliphatic carbocycles. The Labute approximate surface area is 309 Å². The van der Waals surface area contributed by atoms with E-state index in [0.717, 1.165) is 16.8 Å². The number of alkyl halides is 1. The summed E-state index contributed by atoms with van der Waals surface area (Å²) >= 11 is 3.75. The number of likely N-dealkylation sites (N-methyl/N-ethyl adjacent to an activating group) is 1. The lowest BCUT2D eigenvalue weighted by atomic mass is 9.70. The van der Waals surface area contributed by atoms with Gasteiger partial charge in [-0.15, -0.1) is 13.2 Å². The molecular formula is C40H50BrN3O7. The molecule has 3 saturated heterocycles. The number of hydrogen-bond acceptors (Lipinski definition) is 7. The number of nitrogens with zero attached hydrogens (tertiary/aromatic N) is 3. The number of amides is 3. The molecule has 1 unspecified atom stereocenters. The van der Waals surface area contributed by atoms with Gasteiger partial charge < -0.3 is 29.3 Å². The fourth-order valence-electron chi connectivity index (χ4n) is 8.35. The number of carbonyl (C=O) groups is 4. The third kappa shape index (κ3) is 6.80. The maximum Gasteiger partial charge on any atom is 0.313 e. The summed E-state index contributed by atoms with van der Waals surface area (Å²) in [6, 6.07) is 12.7. The van der Waals surface area contributed by atoms with Gasteiger partial charge in [-0.2, -0.15) is 0 Å². The molecule has 3 aliphatic rings. The van der Waals surface area contributed by atoms with E-state index >= 15 is 4.79 Å². The van der Waals surface area contributed by atoms with Crippen LogP contribution < -0.4 is 4.90 Å². The highest BCUT2D eigenvalue weighted by Gasteiger charge is 2.77. The second kappa shape index (κ2) is 15.8. The van der Waals surface area contributed by atoms with Crippen molar-refractivity contribution in [2.24, 2.45) is 11.8 Å². The number of allylic oxidation sites excluding steroid dienone is 1. The number of aliphatic hydroxyl groups is 1. The summed E-state index contributed by atoms with van der Waals surface area (Å²) in [6.45, 7) is 15.0. The molecule has 5 rings (SSSR count). The van der Waals surface area contributed by atoms with Crippen molar-refractivity contribution in [2.75, 3.05) is 25.1 Å². The molecule has 2 bridgehead atoms. The normalized spacial score (nSPS) is 26.6. The lowest BCUT2D eigenvalue weighted by Gasteiger charge is -2.39. The first-order valence-corrected chi connectivity index (χ1v) is 18.6. The van der Waals surface area contributed by atoms with E-state index in [1.165, 1.54) is 4.90 Å². The third-order valence-electron chi connectivity index (χ3n) is 11.0. The third-order valence-corrected chi connectivity index (χ3v) is 11.8. The number of esters is 1. The Morgan fingerprint density at radius 2 is 1.78 bits per heavy atom. The molecule has 11 heteroatoms. The van der Waals surface area contributed by atoms with Gasteiger partial charge >= 0.3 is 5.97 Å². The summed E-state index contributed by atoms with van der Waals surface area (Å²) in [5, 5.41) is 10.6. The van der Waals surface area contributed by atoms with Gasteiger partial charge in [0.15, 0.2) is 0 Å². The molecule has 2 aromatic rings. The number of para-hydroxylation sites is 1. The molecule has 3 amide bonds. The highest BCUT2D eigenvalue weighted by atomic mass is 79.9. The van der Waals surface area contributed by atoms with Crippen LogP contribution in [0.2, 0.25) is 0 Å². The zero-order valence-corrected chi connectivity index (χ0v) is 31.8. The van der Waals surface area contributed by atoms with Crippen molar-refractivity contribution >= 4 is 45.3 Å². The Bertz CT molecular complexity index is 1630. The first-order chi connectivity index (χ1) is 24.4. The second-order valence-electron chi connectivity index (χ2n) is 14.0. The van der Waals surface area contributed by atoms with Crippen LogP contribution in [0.4, 0.5) is 5.69 Å². The fraction of sp³-hybridized carbons (Fsp3) is 0.500. The summed E-state index contributed by atoms with van der Waals surface area (Å²) in [5.74, 6) is -3.60. The average molecular weight is 765 g/mol. The molecule has 3 aliphatic heterocycles. The van der Waals surface area contributed by atoms with Crippen molar-refractivity contribution in [2.45, 2.75) is 94.1 Å². The van der Waals surface area contributed by atoms with Crippen LogP contribution in [-0.2, 0) is 28.7 Å². The minimum atomic E-state index is -1.36. The molecule has 51 heavy (non-hydrogen) atoms. The molecule has 274 valence electrons. The number of benzene rings is 2. The Hall–Kier alpha value is -3.80. The number of hydrogen-bond donors (Lipinski definition) is 1. The Kier molecular flexibility index (Phi) is 11.9. The molecule has 9 atom stereocenters. The summed E-state index contributed by atoms with van der Waals surface area (Å²) < 4.78 is 13.1. The summed E-state index contributed by atoms with van der Waals surface area (Å²) in [5.41, 5.74) is 1.82. The SMILES string of the molecule is C=CCCC(=O)N(C)[C@@H](C)[C@@H](OC(=O)[C@@H]1[C@H]2O[C@@]3(CC2Br)[C@H](C(=O)N(CC=C)c2c(C)cccc2C)N([C@@H](CC)CO)C(=O)[C@@H]13)c1ccccc1. The number of anilines is 1. The van der Waals surface area contributed by atoms with Crippen molar-refractivity contribution in [3.8, 4) is 0 Å². The van der Waals surface area contributed by atoms with Gasteiger partial charge in [-0.1, -0.05) is 83.5 Å². The molecule has 1 N–H and O–H groups in total. The molecule has 3 fully saturated rings. The summed E-state index contributed by atoms with van der Waals surface area (Å²) in [6.07, 6.45) is 3.21. The molecule has 3 heterocycles. The summed E-state index contributed by atoms with van der Waals surface area (Å²) in [4.78, 5) is 61.8. The number of ether oxygens (including phenoxy) is 2. The largest absolute Gasteiger partial charge is 0.455 e. The van der Waals surface area contributed by atoms with Crippen LogP contribution >= 0.6 is 15.9 Å². The highest BCUT2D eigenvalue weighted by Crippen LogP contribution is 2.61. The maximum absolute atomic E-state index is 15.1. The van der Waals surface area contributed by atoms with E-state index in [0.29, 0.717) is 24.8 Å². The van der Waals surface area contributed by atoms with E-state index in [1.54, 1.807) is 29.0 Å². The van der Waals surface area contributed by atoms with Crippen molar-refractivity contribution in [3.63, 3.8) is 0 Å². The van der Waals surface area contributed by atoms with Crippen molar-refractivity contribution < 1.29 is 33.8 Å². The highest BCUT2D eigenvalue weighted by molar-refractivity contribution is 9.09. The van der Waals surface area contributed by atoms with Crippen molar-refractivity contribution in [1.82, 2.24) is 9.80 Å². The number of aliphatic hydroxyl groups excluding tert-OH is 1. The number of halogens is 1. The molecule has 0 aromatic heterocycles. The van der Waals surface area contributed by atoms with Gasteiger partial charge in [0.05, 0.1) is 36.6 Å². The predicted octanol–water partition coefficient (Wildman–Crippen LogP) is 5.44. The lowest BCUT2D eigenvalue weighted by molar-refractivity contribution is -0.165. The van der Waals surface area contributed by atoms with Gasteiger partial charge in [0.1, 0.15) is 17.7 Å². The van der Waals surface area contributed by atoms with E-state index in [-0.39, 0.29) is 36.2 Å². The quantitative estimate of drug-likeness (QED) is 0.146. The standard InChI is InChI=1S/C40H50BrN3O7/c1-8-11-20-30(46)42(7)26(6)34(27-18-13-12-14-19-27)50-39(49)31-32-37(47)44(28(10-3)23-45)36(40(32)22-29(41)35(31)51-40)38(48)43(21-9-2)33-24(4)16-15-17-25(33)5/h8-9,12-19,26,28-29,31-32,34-36,45H,1-2,10-11,20-23H2,3-7H3/t26-,28-,29?,31-,32+,34+,35-,36-,40+/m0/s1. The Morgan fingerprint density at radius 1 is 1.12 bits per heavy atom. The number of rotatable bonds is 15. The van der Waals surface area contributed by atoms with Crippen LogP contribution in [0.5, 0.6) is 0 Å². The lowest BCUT2D eigenvalue weighted by Crippen LogP contribution is -2.59. The van der Waals surface area contributed by atoms with Gasteiger partial charge in [-0.05, 0) is 56.7 Å². The fourth-order valence-corrected chi connectivity index (χ4v) is 9.29. The number of fused-ring (bicyclic) bond motifs is 1. The first-order valence-electron chi connectivity index (χ1n) is 17.7. The van der Waals surface area contributed by atoms with Crippen LogP contribution in [0.3, 0.4) is 0 Å². The second-order valence-corrected chi connectivity index (χ2v) is 15.1. The molecule has 0 saturated carbocycles. The molecule has 0 radical (unpaired) electrons. The smallest absolute Gasteiger partial charge is 0.313 e. The number of likely N-dealkylation sites (tertiary alicyclic amines) is 1. The van der Waals surface area contributed by atoms with E-state index in [9.17, 15) is 19.5 Å². The van der Waals surface area contributed by atoms with Gasteiger partial charge in [0, 0.05) is 30.5 Å². The number of aryl methyl sites for hydroxylation is 2. The van der Waals surface area contributed by atoms with Crippen LogP contribution in [-0.4, -0.2) is 93.5 Å². The van der Waals surface area contributed by atoms with Crippen LogP contribution in [0, 0.1) is 25.7 Å². The topological polar surface area (TPSA) is 117 Å². The number of carbonyl (C=O) groups excluding carboxylic acids is 4. The zero-order valence-electron chi connectivity index (χ0n) is 30.2. The average Bonchev–Trinajstić information content (AvgIpc) is 3.72. The van der Waals surface area contributed by atoms with E-state index in [4.69, 9.17) is 9.47 Å². The van der Waals surface area contributed by atoms with Crippen molar-refractivity contribution in [3.05, 3.63) is 90.5 Å². The zero-order chi connectivity index (χ0) is 37.2. The minimum absolute atomic E-state index is 0.118. The van der Waals surface area contributed by atoms with E-state index in [1.807, 2.05) is 76.2 Å². The molecule has 10 nitrogen and oxygen atoms in total. The monoisotopic (exact) mass is 763 g/mol. The predicted molar refractivity (Wildman–Crippen MR) is 199 cm³/mol. The molecular weight excluding hydrogens is 714 g/mol. The van der Waals surface area contributed by atoms with Crippen LogP contribution in [0.15, 0.2) is 73.8 Å². The van der Waals surface area contributed by atoms with Gasteiger partial charge in [-0.25, -0.2) is 0 Å². The van der Waals surface area contributed by atoms with Crippen molar-refractivity contribution in [1.29, 1.82) is 0 Å². The summed E-state index contributed by atoms with van der Waals surface area (Å²) in [7, 11) is 1.68. The van der Waals surface area contributed by atoms with E-state index < -0.39 is 59.6 Å². The van der Waals surface area contributed by atoms with Gasteiger partial charge in [-0.3, -0.25) is 19.2 Å². The first kappa shape index (κ1) is 38.4. The van der Waals surface area contributed by atoms with Crippen LogP contribution in [0.1, 0.15) is 62.3 Å².